The van der Waals surface area contributed by atoms with Crippen molar-refractivity contribution in [3.05, 3.63) is 101 Å². The van der Waals surface area contributed by atoms with Crippen molar-refractivity contribution in [1.29, 1.82) is 0 Å². The summed E-state index contributed by atoms with van der Waals surface area (Å²) in [5.74, 6) is 0.168. The van der Waals surface area contributed by atoms with E-state index in [-0.39, 0.29) is 24.2 Å². The number of aromatic nitrogens is 1. The van der Waals surface area contributed by atoms with Crippen molar-refractivity contribution in [2.24, 2.45) is 0 Å². The summed E-state index contributed by atoms with van der Waals surface area (Å²) in [5.41, 5.74) is 4.59. The summed E-state index contributed by atoms with van der Waals surface area (Å²) in [5, 5.41) is 1.06. The number of fused-ring (bicyclic) bond motifs is 4. The number of methoxy groups -OCH3 is 1. The first-order chi connectivity index (χ1) is 17.5. The molecule has 7 heteroatoms. The molecule has 2 unspecified atom stereocenters. The molecule has 2 amide bonds. The van der Waals surface area contributed by atoms with E-state index in [1.807, 2.05) is 48.5 Å². The smallest absolute Gasteiger partial charge is 0.246 e. The number of piperazine rings is 1. The van der Waals surface area contributed by atoms with Crippen molar-refractivity contribution >= 4 is 22.7 Å². The molecule has 182 valence electrons. The number of benzene rings is 3. The molecule has 1 fully saturated rings. The number of hydrogen-bond donors (Lipinski definition) is 1. The lowest BCUT2D eigenvalue weighted by Crippen LogP contribution is -2.63. The molecule has 6 nitrogen and oxygen atoms in total. The Kier molecular flexibility index (Phi) is 5.48. The molecule has 0 radical (unpaired) electrons. The molecule has 4 aromatic rings. The van der Waals surface area contributed by atoms with Crippen molar-refractivity contribution in [3.8, 4) is 5.75 Å². The Morgan fingerprint density at radius 1 is 1.03 bits per heavy atom. The zero-order valence-corrected chi connectivity index (χ0v) is 19.9. The zero-order valence-electron chi connectivity index (χ0n) is 19.9. The number of H-pyrrole nitrogens is 1. The summed E-state index contributed by atoms with van der Waals surface area (Å²) in [6.45, 7) is 0.351. The maximum atomic E-state index is 13.8. The maximum absolute atomic E-state index is 13.8. The van der Waals surface area contributed by atoms with Gasteiger partial charge in [0.2, 0.25) is 11.8 Å². The highest BCUT2D eigenvalue weighted by Gasteiger charge is 2.48. The van der Waals surface area contributed by atoms with Crippen LogP contribution < -0.4 is 4.74 Å². The Labute approximate surface area is 208 Å². The first-order valence-electron chi connectivity index (χ1n) is 12.1. The Morgan fingerprint density at radius 2 is 1.83 bits per heavy atom. The molecule has 1 saturated heterocycles. The van der Waals surface area contributed by atoms with E-state index in [0.717, 1.165) is 33.3 Å². The minimum atomic E-state index is -0.625. The van der Waals surface area contributed by atoms with Gasteiger partial charge in [-0.05, 0) is 41.8 Å². The van der Waals surface area contributed by atoms with E-state index in [4.69, 9.17) is 4.74 Å². The number of carbonyl (C=O) groups is 2. The van der Waals surface area contributed by atoms with Crippen LogP contribution in [0.25, 0.3) is 10.9 Å². The van der Waals surface area contributed by atoms with Gasteiger partial charge in [-0.25, -0.2) is 4.39 Å². The molecule has 1 N–H and O–H groups in total. The topological polar surface area (TPSA) is 65.6 Å². The zero-order chi connectivity index (χ0) is 24.8. The molecule has 3 aromatic carbocycles. The van der Waals surface area contributed by atoms with Crippen LogP contribution >= 0.6 is 0 Å². The second-order valence-electron chi connectivity index (χ2n) is 9.37. The highest BCUT2D eigenvalue weighted by molar-refractivity contribution is 5.97. The van der Waals surface area contributed by atoms with Crippen molar-refractivity contribution in [2.45, 2.75) is 24.9 Å². The fourth-order valence-electron chi connectivity index (χ4n) is 5.69. The molecule has 0 aliphatic carbocycles. The molecule has 3 heterocycles. The number of rotatable bonds is 5. The number of carbonyl (C=O) groups excluding carboxylic acids is 2. The minimum Gasteiger partial charge on any atom is -0.496 e. The highest BCUT2D eigenvalue weighted by Crippen LogP contribution is 2.44. The second-order valence-corrected chi connectivity index (χ2v) is 9.37. The molecule has 0 saturated carbocycles. The van der Waals surface area contributed by atoms with Crippen LogP contribution in [0.2, 0.25) is 0 Å². The van der Waals surface area contributed by atoms with Gasteiger partial charge in [-0.15, -0.1) is 0 Å². The van der Waals surface area contributed by atoms with Crippen molar-refractivity contribution < 1.29 is 18.7 Å². The summed E-state index contributed by atoms with van der Waals surface area (Å²) in [6, 6.07) is 20.9. The van der Waals surface area contributed by atoms with Crippen molar-refractivity contribution in [1.82, 2.24) is 14.8 Å². The lowest BCUT2D eigenvalue weighted by atomic mass is 9.86. The van der Waals surface area contributed by atoms with Gasteiger partial charge in [0.25, 0.3) is 0 Å². The van der Waals surface area contributed by atoms with Gasteiger partial charge in [0.1, 0.15) is 23.7 Å². The number of aromatic amines is 1. The van der Waals surface area contributed by atoms with E-state index >= 15 is 0 Å². The third kappa shape index (κ3) is 3.63. The molecule has 2 aliphatic rings. The number of para-hydroxylation sites is 2. The number of hydrogen-bond acceptors (Lipinski definition) is 3. The van der Waals surface area contributed by atoms with Crippen LogP contribution in [0.15, 0.2) is 72.8 Å². The predicted molar refractivity (Wildman–Crippen MR) is 134 cm³/mol. The summed E-state index contributed by atoms with van der Waals surface area (Å²) in [6.07, 6.45) is 0.920. The quantitative estimate of drug-likeness (QED) is 0.462. The number of nitrogens with one attached hydrogen (secondary N) is 1. The molecule has 0 spiro atoms. The molecule has 6 rings (SSSR count). The SMILES string of the molecule is COc1ccccc1C1c2[nH]c3ccccc3c2CC2C(=O)N(CCc3cccc(F)c3)CC(=O)N21. The minimum absolute atomic E-state index is 0.00808. The number of halogens is 1. The first kappa shape index (κ1) is 22.3. The van der Waals surface area contributed by atoms with Gasteiger partial charge in [-0.2, -0.15) is 0 Å². The van der Waals surface area contributed by atoms with Crippen LogP contribution in [0.3, 0.4) is 0 Å². The van der Waals surface area contributed by atoms with Crippen LogP contribution in [0, 0.1) is 5.82 Å². The van der Waals surface area contributed by atoms with E-state index in [2.05, 4.69) is 11.1 Å². The monoisotopic (exact) mass is 483 g/mol. The molecular weight excluding hydrogens is 457 g/mol. The fraction of sp³-hybridized carbons (Fsp3) is 0.241. The molecular formula is C29H26FN3O3. The van der Waals surface area contributed by atoms with E-state index in [9.17, 15) is 14.0 Å². The van der Waals surface area contributed by atoms with Gasteiger partial charge in [-0.3, -0.25) is 9.59 Å². The van der Waals surface area contributed by atoms with E-state index in [0.29, 0.717) is 25.1 Å². The number of ether oxygens (including phenoxy) is 1. The Morgan fingerprint density at radius 3 is 2.67 bits per heavy atom. The average Bonchev–Trinajstić information content (AvgIpc) is 3.27. The van der Waals surface area contributed by atoms with Gasteiger partial charge < -0.3 is 19.5 Å². The van der Waals surface area contributed by atoms with E-state index < -0.39 is 12.1 Å². The van der Waals surface area contributed by atoms with Crippen LogP contribution in [0.4, 0.5) is 4.39 Å². The van der Waals surface area contributed by atoms with E-state index in [1.165, 1.54) is 12.1 Å². The second kappa shape index (κ2) is 8.82. The van der Waals surface area contributed by atoms with Gasteiger partial charge >= 0.3 is 0 Å². The van der Waals surface area contributed by atoms with Crippen LogP contribution in [-0.2, 0) is 22.4 Å². The summed E-state index contributed by atoms with van der Waals surface area (Å²) in [4.78, 5) is 34.4. The van der Waals surface area contributed by atoms with Gasteiger partial charge in [0, 0.05) is 35.1 Å². The van der Waals surface area contributed by atoms with Gasteiger partial charge in [-0.1, -0.05) is 48.5 Å². The molecule has 2 atom stereocenters. The third-order valence-corrected chi connectivity index (χ3v) is 7.34. The van der Waals surface area contributed by atoms with Crippen LogP contribution in [0.1, 0.15) is 28.4 Å². The molecule has 1 aromatic heterocycles. The summed E-state index contributed by atoms with van der Waals surface area (Å²) < 4.78 is 19.3. The van der Waals surface area contributed by atoms with Crippen molar-refractivity contribution in [2.75, 3.05) is 20.2 Å². The normalized spacial score (nSPS) is 19.4. The van der Waals surface area contributed by atoms with E-state index in [1.54, 1.807) is 23.0 Å². The molecule has 2 aliphatic heterocycles. The lowest BCUT2D eigenvalue weighted by molar-refractivity contribution is -0.158. The maximum Gasteiger partial charge on any atom is 0.246 e. The highest BCUT2D eigenvalue weighted by atomic mass is 19.1. The largest absolute Gasteiger partial charge is 0.496 e. The van der Waals surface area contributed by atoms with Crippen LogP contribution in [0.5, 0.6) is 5.75 Å². The lowest BCUT2D eigenvalue weighted by Gasteiger charge is -2.47. The summed E-state index contributed by atoms with van der Waals surface area (Å²) >= 11 is 0. The van der Waals surface area contributed by atoms with Crippen molar-refractivity contribution in [3.63, 3.8) is 0 Å². The standard InChI is InChI=1S/C29H26FN3O3/c1-36-25-12-5-3-10-21(25)28-27-22(20-9-2-4-11-23(20)31-27)16-24-29(35)32(17-26(34)33(24)28)14-13-18-7-6-8-19(30)15-18/h2-12,15,24,28,31H,13-14,16-17H2,1H3. The fourth-order valence-corrected chi connectivity index (χ4v) is 5.69. The number of amides is 2. The molecule has 36 heavy (non-hydrogen) atoms. The Hall–Kier alpha value is -4.13. The number of nitrogens with zero attached hydrogens (tertiary/aromatic N) is 2. The van der Waals surface area contributed by atoms with Crippen LogP contribution in [-0.4, -0.2) is 52.8 Å². The molecule has 0 bridgehead atoms. The Balaban J connectivity index is 1.41. The average molecular weight is 484 g/mol. The Bertz CT molecular complexity index is 1480. The van der Waals surface area contributed by atoms with Gasteiger partial charge in [0.05, 0.1) is 13.7 Å². The first-order valence-corrected chi connectivity index (χ1v) is 12.1. The summed E-state index contributed by atoms with van der Waals surface area (Å²) in [7, 11) is 1.61. The van der Waals surface area contributed by atoms with Gasteiger partial charge in [0.15, 0.2) is 0 Å². The third-order valence-electron chi connectivity index (χ3n) is 7.34. The predicted octanol–water partition coefficient (Wildman–Crippen LogP) is 4.24.